The Bertz CT molecular complexity index is 515. The van der Waals surface area contributed by atoms with Gasteiger partial charge in [0.2, 0.25) is 10.0 Å². The molecule has 18 heavy (non-hydrogen) atoms. The first-order valence-corrected chi connectivity index (χ1v) is 7.65. The van der Waals surface area contributed by atoms with E-state index in [1.807, 2.05) is 0 Å². The lowest BCUT2D eigenvalue weighted by molar-refractivity contribution is 0.288. The number of nitrogens with zero attached hydrogens (tertiary/aromatic N) is 2. The van der Waals surface area contributed by atoms with E-state index in [-0.39, 0.29) is 11.4 Å². The summed E-state index contributed by atoms with van der Waals surface area (Å²) >= 11 is 0. The van der Waals surface area contributed by atoms with Crippen LogP contribution in [0, 0.1) is 12.8 Å². The van der Waals surface area contributed by atoms with Crippen LogP contribution in [0.2, 0.25) is 0 Å². The first kappa shape index (κ1) is 13.5. The zero-order chi connectivity index (χ0) is 13.3. The molecular weight excluding hydrogens is 252 g/mol. The quantitative estimate of drug-likeness (QED) is 0.842. The minimum absolute atomic E-state index is 0.128. The van der Waals surface area contributed by atoms with Crippen LogP contribution >= 0.6 is 0 Å². The van der Waals surface area contributed by atoms with Crippen LogP contribution in [0.5, 0.6) is 0 Å². The van der Waals surface area contributed by atoms with Gasteiger partial charge in [-0.3, -0.25) is 5.10 Å². The number of aromatic amines is 1. The lowest BCUT2D eigenvalue weighted by Crippen LogP contribution is -2.38. The first-order chi connectivity index (χ1) is 8.46. The molecule has 1 aliphatic rings. The van der Waals surface area contributed by atoms with Gasteiger partial charge in [0, 0.05) is 19.6 Å². The minimum atomic E-state index is -3.46. The molecule has 0 radical (unpaired) electrons. The molecule has 0 aromatic carbocycles. The molecule has 0 unspecified atom stereocenters. The van der Waals surface area contributed by atoms with Crippen molar-refractivity contribution in [3.8, 4) is 0 Å². The van der Waals surface area contributed by atoms with Crippen LogP contribution in [-0.4, -0.2) is 36.0 Å². The van der Waals surface area contributed by atoms with Gasteiger partial charge in [-0.1, -0.05) is 6.92 Å². The normalized spacial score (nSPS) is 19.3. The first-order valence-electron chi connectivity index (χ1n) is 6.21. The standard InChI is InChI=1S/C11H20N4O2S/c1-8-3-5-15(6-4-8)18(16,17)11-9(2)13-14-10(11)7-12/h8H,3-7,12H2,1-2H3,(H,13,14). The fraction of sp³-hybridized carbons (Fsp3) is 0.727. The van der Waals surface area contributed by atoms with Crippen molar-refractivity contribution in [1.29, 1.82) is 0 Å². The summed E-state index contributed by atoms with van der Waals surface area (Å²) in [5, 5.41) is 6.66. The second-order valence-corrected chi connectivity index (χ2v) is 6.79. The predicted octanol–water partition coefficient (Wildman–Crippen LogP) is 0.597. The van der Waals surface area contributed by atoms with Gasteiger partial charge in [-0.25, -0.2) is 8.42 Å². The molecule has 1 fully saturated rings. The average molecular weight is 272 g/mol. The summed E-state index contributed by atoms with van der Waals surface area (Å²) in [5.41, 5.74) is 6.53. The lowest BCUT2D eigenvalue weighted by atomic mass is 10.0. The van der Waals surface area contributed by atoms with Gasteiger partial charge >= 0.3 is 0 Å². The number of rotatable bonds is 3. The van der Waals surface area contributed by atoms with Gasteiger partial charge in [0.1, 0.15) is 4.90 Å². The number of aryl methyl sites for hydroxylation is 1. The van der Waals surface area contributed by atoms with E-state index >= 15 is 0 Å². The summed E-state index contributed by atoms with van der Waals surface area (Å²) in [6.45, 7) is 5.16. The molecule has 0 amide bonds. The molecule has 0 bridgehead atoms. The Labute approximate surface area is 108 Å². The van der Waals surface area contributed by atoms with E-state index in [1.54, 1.807) is 11.2 Å². The molecule has 0 spiro atoms. The van der Waals surface area contributed by atoms with Crippen LogP contribution in [0.1, 0.15) is 31.2 Å². The molecule has 102 valence electrons. The summed E-state index contributed by atoms with van der Waals surface area (Å²) in [6, 6.07) is 0. The molecule has 1 aromatic heterocycles. The van der Waals surface area contributed by atoms with Crippen molar-refractivity contribution in [1.82, 2.24) is 14.5 Å². The van der Waals surface area contributed by atoms with Gasteiger partial charge in [0.05, 0.1) is 11.4 Å². The Morgan fingerprint density at radius 1 is 1.44 bits per heavy atom. The molecule has 2 rings (SSSR count). The van der Waals surface area contributed by atoms with Crippen molar-refractivity contribution in [2.75, 3.05) is 13.1 Å². The SMILES string of the molecule is Cc1[nH]nc(CN)c1S(=O)(=O)N1CCC(C)CC1. The summed E-state index contributed by atoms with van der Waals surface area (Å²) < 4.78 is 26.7. The van der Waals surface area contributed by atoms with Crippen molar-refractivity contribution in [2.45, 2.75) is 38.1 Å². The Hall–Kier alpha value is -0.920. The lowest BCUT2D eigenvalue weighted by Gasteiger charge is -2.29. The van der Waals surface area contributed by atoms with Gasteiger partial charge in [-0.05, 0) is 25.7 Å². The summed E-state index contributed by atoms with van der Waals surface area (Å²) in [5.74, 6) is 0.593. The Kier molecular flexibility index (Phi) is 3.74. The maximum atomic E-state index is 12.6. The molecule has 6 nitrogen and oxygen atoms in total. The average Bonchev–Trinajstić information content (AvgIpc) is 2.71. The maximum Gasteiger partial charge on any atom is 0.246 e. The zero-order valence-electron chi connectivity index (χ0n) is 10.8. The van der Waals surface area contributed by atoms with Crippen LogP contribution in [0.25, 0.3) is 0 Å². The van der Waals surface area contributed by atoms with Crippen LogP contribution < -0.4 is 5.73 Å². The Balaban J connectivity index is 2.33. The van der Waals surface area contributed by atoms with Gasteiger partial charge in [0.25, 0.3) is 0 Å². The van der Waals surface area contributed by atoms with Crippen molar-refractivity contribution in [3.63, 3.8) is 0 Å². The summed E-state index contributed by atoms with van der Waals surface area (Å²) in [6.07, 6.45) is 1.82. The maximum absolute atomic E-state index is 12.6. The molecule has 0 aliphatic carbocycles. The van der Waals surface area contributed by atoms with E-state index in [2.05, 4.69) is 17.1 Å². The third kappa shape index (κ3) is 2.30. The monoisotopic (exact) mass is 272 g/mol. The molecule has 1 aromatic rings. The highest BCUT2D eigenvalue weighted by Gasteiger charge is 2.32. The minimum Gasteiger partial charge on any atom is -0.325 e. The topological polar surface area (TPSA) is 92.1 Å². The van der Waals surface area contributed by atoms with Gasteiger partial charge in [-0.2, -0.15) is 9.40 Å². The van der Waals surface area contributed by atoms with Gasteiger partial charge in [0.15, 0.2) is 0 Å². The number of nitrogens with two attached hydrogens (primary N) is 1. The van der Waals surface area contributed by atoms with Crippen molar-refractivity contribution in [3.05, 3.63) is 11.4 Å². The third-order valence-corrected chi connectivity index (χ3v) is 5.60. The number of piperidine rings is 1. The number of sulfonamides is 1. The van der Waals surface area contributed by atoms with E-state index < -0.39 is 10.0 Å². The summed E-state index contributed by atoms with van der Waals surface area (Å²) in [4.78, 5) is 0.263. The third-order valence-electron chi connectivity index (χ3n) is 3.50. The van der Waals surface area contributed by atoms with E-state index in [0.717, 1.165) is 12.8 Å². The molecule has 1 saturated heterocycles. The number of nitrogens with one attached hydrogen (secondary N) is 1. The van der Waals surface area contributed by atoms with E-state index in [4.69, 9.17) is 5.73 Å². The molecule has 7 heteroatoms. The van der Waals surface area contributed by atoms with Crippen molar-refractivity contribution < 1.29 is 8.42 Å². The second-order valence-electron chi connectivity index (χ2n) is 4.92. The number of hydrogen-bond donors (Lipinski definition) is 2. The Morgan fingerprint density at radius 3 is 2.61 bits per heavy atom. The highest BCUT2D eigenvalue weighted by molar-refractivity contribution is 7.89. The van der Waals surface area contributed by atoms with Crippen LogP contribution in [-0.2, 0) is 16.6 Å². The molecular formula is C11H20N4O2S. The molecule has 2 heterocycles. The van der Waals surface area contributed by atoms with E-state index in [9.17, 15) is 8.42 Å². The van der Waals surface area contributed by atoms with Gasteiger partial charge < -0.3 is 5.73 Å². The van der Waals surface area contributed by atoms with Crippen LogP contribution in [0.4, 0.5) is 0 Å². The zero-order valence-corrected chi connectivity index (χ0v) is 11.6. The van der Waals surface area contributed by atoms with E-state index in [1.165, 1.54) is 0 Å². The predicted molar refractivity (Wildman–Crippen MR) is 68.4 cm³/mol. The number of hydrogen-bond acceptors (Lipinski definition) is 4. The number of H-pyrrole nitrogens is 1. The van der Waals surface area contributed by atoms with Crippen LogP contribution in [0.3, 0.4) is 0 Å². The highest BCUT2D eigenvalue weighted by Crippen LogP contribution is 2.26. The van der Waals surface area contributed by atoms with Gasteiger partial charge in [-0.15, -0.1) is 0 Å². The largest absolute Gasteiger partial charge is 0.325 e. The Morgan fingerprint density at radius 2 is 2.06 bits per heavy atom. The fourth-order valence-corrected chi connectivity index (χ4v) is 4.11. The highest BCUT2D eigenvalue weighted by atomic mass is 32.2. The molecule has 0 saturated carbocycles. The van der Waals surface area contributed by atoms with Crippen molar-refractivity contribution in [2.24, 2.45) is 11.7 Å². The van der Waals surface area contributed by atoms with Crippen molar-refractivity contribution >= 4 is 10.0 Å². The smallest absolute Gasteiger partial charge is 0.246 e. The molecule has 1 aliphatic heterocycles. The molecule has 0 atom stereocenters. The second kappa shape index (κ2) is 4.99. The van der Waals surface area contributed by atoms with Crippen LogP contribution in [0.15, 0.2) is 4.90 Å². The number of aromatic nitrogens is 2. The molecule has 3 N–H and O–H groups in total. The fourth-order valence-electron chi connectivity index (χ4n) is 2.30. The van der Waals surface area contributed by atoms with E-state index in [0.29, 0.717) is 30.4 Å². The summed E-state index contributed by atoms with van der Waals surface area (Å²) in [7, 11) is -3.46.